The molecule has 24 heavy (non-hydrogen) atoms. The summed E-state index contributed by atoms with van der Waals surface area (Å²) < 4.78 is 0.996. The van der Waals surface area contributed by atoms with E-state index in [1.807, 2.05) is 12.1 Å². The fraction of sp³-hybridized carbons (Fsp3) is 0.176. The van der Waals surface area contributed by atoms with E-state index >= 15 is 0 Å². The molecule has 2 aromatic carbocycles. The number of hydrogen-bond donors (Lipinski definition) is 1. The first kappa shape index (κ1) is 16.1. The van der Waals surface area contributed by atoms with Crippen molar-refractivity contribution in [2.24, 2.45) is 0 Å². The number of nitro benzene ring substituents is 1. The minimum Gasteiger partial charge on any atom is -0.298 e. The van der Waals surface area contributed by atoms with Crippen LogP contribution in [0.3, 0.4) is 0 Å². The number of aromatic nitrogens is 1. The minimum atomic E-state index is -0.526. The number of nitrogens with zero attached hydrogens (tertiary/aromatic N) is 2. The second-order valence-corrected chi connectivity index (χ2v) is 6.69. The predicted molar refractivity (Wildman–Crippen MR) is 94.8 cm³/mol. The molecule has 0 fully saturated rings. The Labute approximate surface area is 142 Å². The molecule has 6 nitrogen and oxygen atoms in total. The van der Waals surface area contributed by atoms with Crippen LogP contribution in [0.2, 0.25) is 0 Å². The second kappa shape index (κ2) is 6.37. The molecule has 0 radical (unpaired) electrons. The number of amides is 1. The van der Waals surface area contributed by atoms with Gasteiger partial charge in [0.2, 0.25) is 0 Å². The number of nitro groups is 1. The molecule has 0 unspecified atom stereocenters. The molecule has 3 rings (SSSR count). The number of non-ortho nitro benzene ring substituents is 1. The van der Waals surface area contributed by atoms with Crippen molar-refractivity contribution in [1.29, 1.82) is 0 Å². The highest BCUT2D eigenvalue weighted by Crippen LogP contribution is 2.29. The van der Waals surface area contributed by atoms with Crippen LogP contribution >= 0.6 is 11.3 Å². The normalized spacial score (nSPS) is 11.0. The van der Waals surface area contributed by atoms with E-state index in [0.717, 1.165) is 10.2 Å². The van der Waals surface area contributed by atoms with Crippen LogP contribution < -0.4 is 5.32 Å². The Morgan fingerprint density at radius 2 is 2.04 bits per heavy atom. The first-order valence-corrected chi connectivity index (χ1v) is 8.22. The predicted octanol–water partition coefficient (Wildman–Crippen LogP) is 4.58. The highest BCUT2D eigenvalue weighted by atomic mass is 32.1. The van der Waals surface area contributed by atoms with Crippen LogP contribution in [0.1, 0.15) is 35.7 Å². The summed E-state index contributed by atoms with van der Waals surface area (Å²) in [6.07, 6.45) is 0. The molecule has 0 atom stereocenters. The van der Waals surface area contributed by atoms with Gasteiger partial charge in [-0.2, -0.15) is 0 Å². The Balaban J connectivity index is 1.85. The number of carbonyl (C=O) groups excluding carboxylic acids is 1. The summed E-state index contributed by atoms with van der Waals surface area (Å²) >= 11 is 1.39. The van der Waals surface area contributed by atoms with Gasteiger partial charge in [0, 0.05) is 17.7 Å². The molecule has 1 N–H and O–H groups in total. The smallest absolute Gasteiger partial charge is 0.270 e. The molecule has 0 aliphatic heterocycles. The number of thiazole rings is 1. The largest absolute Gasteiger partial charge is 0.298 e. The van der Waals surface area contributed by atoms with Gasteiger partial charge >= 0.3 is 0 Å². The lowest BCUT2D eigenvalue weighted by atomic mass is 10.0. The summed E-state index contributed by atoms with van der Waals surface area (Å²) in [4.78, 5) is 26.9. The van der Waals surface area contributed by atoms with Gasteiger partial charge in [0.1, 0.15) is 0 Å². The van der Waals surface area contributed by atoms with Crippen molar-refractivity contribution >= 4 is 38.3 Å². The van der Waals surface area contributed by atoms with E-state index in [1.54, 1.807) is 0 Å². The molecule has 0 saturated carbocycles. The SMILES string of the molecule is CC(C)c1ccc2nc(NC(=O)c3cccc([N+](=O)[O-])c3)sc2c1. The molecule has 1 amide bonds. The number of hydrogen-bond acceptors (Lipinski definition) is 5. The lowest BCUT2D eigenvalue weighted by molar-refractivity contribution is -0.384. The van der Waals surface area contributed by atoms with Crippen molar-refractivity contribution in [2.75, 3.05) is 5.32 Å². The standard InChI is InChI=1S/C17H15N3O3S/c1-10(2)11-6-7-14-15(9-11)24-17(18-14)19-16(21)12-4-3-5-13(8-12)20(22)23/h3-10H,1-2H3,(H,18,19,21). The van der Waals surface area contributed by atoms with Crippen molar-refractivity contribution < 1.29 is 9.72 Å². The summed E-state index contributed by atoms with van der Waals surface area (Å²) in [5.74, 6) is 0.00116. The Bertz CT molecular complexity index is 934. The topological polar surface area (TPSA) is 85.1 Å². The van der Waals surface area contributed by atoms with Crippen LogP contribution in [-0.4, -0.2) is 15.8 Å². The van der Waals surface area contributed by atoms with Crippen molar-refractivity contribution in [1.82, 2.24) is 4.98 Å². The molecule has 7 heteroatoms. The number of fused-ring (bicyclic) bond motifs is 1. The number of rotatable bonds is 4. The van der Waals surface area contributed by atoms with E-state index < -0.39 is 10.8 Å². The van der Waals surface area contributed by atoms with Crippen molar-refractivity contribution in [3.63, 3.8) is 0 Å². The molecule has 1 aromatic heterocycles. The van der Waals surface area contributed by atoms with Gasteiger partial charge in [0.05, 0.1) is 15.1 Å². The third-order valence-corrected chi connectivity index (χ3v) is 4.55. The average molecular weight is 341 g/mol. The minimum absolute atomic E-state index is 0.117. The van der Waals surface area contributed by atoms with Gasteiger partial charge in [-0.3, -0.25) is 20.2 Å². The second-order valence-electron chi connectivity index (χ2n) is 5.66. The van der Waals surface area contributed by atoms with E-state index in [1.165, 1.54) is 41.2 Å². The number of anilines is 1. The highest BCUT2D eigenvalue weighted by Gasteiger charge is 2.14. The van der Waals surface area contributed by atoms with E-state index in [9.17, 15) is 14.9 Å². The van der Waals surface area contributed by atoms with E-state index in [-0.39, 0.29) is 11.3 Å². The maximum absolute atomic E-state index is 12.3. The van der Waals surface area contributed by atoms with Crippen LogP contribution in [0.5, 0.6) is 0 Å². The van der Waals surface area contributed by atoms with Crippen LogP contribution in [0, 0.1) is 10.1 Å². The molecule has 0 aliphatic rings. The van der Waals surface area contributed by atoms with Gasteiger partial charge in [-0.05, 0) is 29.7 Å². The first-order chi connectivity index (χ1) is 11.4. The van der Waals surface area contributed by atoms with Gasteiger partial charge < -0.3 is 0 Å². The molecule has 0 spiro atoms. The maximum Gasteiger partial charge on any atom is 0.270 e. The Morgan fingerprint density at radius 1 is 1.25 bits per heavy atom. The van der Waals surface area contributed by atoms with Crippen LogP contribution in [-0.2, 0) is 0 Å². The summed E-state index contributed by atoms with van der Waals surface area (Å²) in [6, 6.07) is 11.7. The average Bonchev–Trinajstić information content (AvgIpc) is 2.96. The zero-order valence-corrected chi connectivity index (χ0v) is 14.0. The zero-order valence-electron chi connectivity index (χ0n) is 13.1. The summed E-state index contributed by atoms with van der Waals surface area (Å²) in [5, 5.41) is 14.0. The quantitative estimate of drug-likeness (QED) is 0.556. The number of nitrogens with one attached hydrogen (secondary N) is 1. The van der Waals surface area contributed by atoms with Gasteiger partial charge in [-0.1, -0.05) is 37.3 Å². The molecule has 0 saturated heterocycles. The van der Waals surface area contributed by atoms with Crippen LogP contribution in [0.4, 0.5) is 10.8 Å². The van der Waals surface area contributed by atoms with E-state index in [2.05, 4.69) is 30.2 Å². The summed E-state index contributed by atoms with van der Waals surface area (Å²) in [6.45, 7) is 4.24. The molecule has 0 aliphatic carbocycles. The molecular weight excluding hydrogens is 326 g/mol. The zero-order chi connectivity index (χ0) is 17.3. The fourth-order valence-electron chi connectivity index (χ4n) is 2.28. The van der Waals surface area contributed by atoms with Crippen molar-refractivity contribution in [3.8, 4) is 0 Å². The molecule has 122 valence electrons. The number of carbonyl (C=O) groups is 1. The number of benzene rings is 2. The maximum atomic E-state index is 12.3. The molecule has 3 aromatic rings. The van der Waals surface area contributed by atoms with Crippen LogP contribution in [0.25, 0.3) is 10.2 Å². The Hall–Kier alpha value is -2.80. The third-order valence-electron chi connectivity index (χ3n) is 3.62. The Kier molecular flexibility index (Phi) is 4.26. The van der Waals surface area contributed by atoms with E-state index in [0.29, 0.717) is 11.0 Å². The first-order valence-electron chi connectivity index (χ1n) is 7.40. The van der Waals surface area contributed by atoms with Gasteiger partial charge in [0.15, 0.2) is 5.13 Å². The monoisotopic (exact) mass is 341 g/mol. The molecule has 1 heterocycles. The summed E-state index contributed by atoms with van der Waals surface area (Å²) in [7, 11) is 0. The Morgan fingerprint density at radius 3 is 2.75 bits per heavy atom. The summed E-state index contributed by atoms with van der Waals surface area (Å²) in [5.41, 5.74) is 2.14. The lowest BCUT2D eigenvalue weighted by Crippen LogP contribution is -2.11. The van der Waals surface area contributed by atoms with Gasteiger partial charge in [-0.25, -0.2) is 4.98 Å². The highest BCUT2D eigenvalue weighted by molar-refractivity contribution is 7.22. The van der Waals surface area contributed by atoms with Crippen molar-refractivity contribution in [2.45, 2.75) is 19.8 Å². The van der Waals surface area contributed by atoms with Crippen LogP contribution in [0.15, 0.2) is 42.5 Å². The van der Waals surface area contributed by atoms with Crippen molar-refractivity contribution in [3.05, 3.63) is 63.7 Å². The third kappa shape index (κ3) is 3.26. The lowest BCUT2D eigenvalue weighted by Gasteiger charge is -2.03. The van der Waals surface area contributed by atoms with Gasteiger partial charge in [-0.15, -0.1) is 0 Å². The molecule has 0 bridgehead atoms. The van der Waals surface area contributed by atoms with E-state index in [4.69, 9.17) is 0 Å². The fourth-order valence-corrected chi connectivity index (χ4v) is 3.19. The molecular formula is C17H15N3O3S. The van der Waals surface area contributed by atoms with Gasteiger partial charge in [0.25, 0.3) is 11.6 Å².